The summed E-state index contributed by atoms with van der Waals surface area (Å²) in [5, 5.41) is 5.79. The number of hydrogen-bond acceptors (Lipinski definition) is 3. The van der Waals surface area contributed by atoms with Gasteiger partial charge in [0.1, 0.15) is 0 Å². The fraction of sp³-hybridized carbons (Fsp3) is 0.364. The Hall–Kier alpha value is -1.16. The molecular weight excluding hydrogens is 208 g/mol. The Morgan fingerprint density at radius 3 is 2.53 bits per heavy atom. The van der Waals surface area contributed by atoms with Gasteiger partial charge in [0.15, 0.2) is 0 Å². The van der Waals surface area contributed by atoms with Crippen molar-refractivity contribution in [2.45, 2.75) is 11.8 Å². The van der Waals surface area contributed by atoms with E-state index < -0.39 is 0 Å². The molecule has 0 radical (unpaired) electrons. The molecule has 0 bridgehead atoms. The maximum atomic E-state index is 11.2. The summed E-state index contributed by atoms with van der Waals surface area (Å²) in [4.78, 5) is 12.4. The molecule has 82 valence electrons. The molecule has 0 atom stereocenters. The van der Waals surface area contributed by atoms with Crippen LogP contribution in [0.4, 0.5) is 5.69 Å². The lowest BCUT2D eigenvalue weighted by Crippen LogP contribution is -2.29. The maximum absolute atomic E-state index is 11.2. The Labute approximate surface area is 94.6 Å². The molecule has 0 aromatic heterocycles. The Morgan fingerprint density at radius 1 is 1.33 bits per heavy atom. The number of likely N-dealkylation sites (N-methyl/N-ethyl adjacent to an activating group) is 1. The van der Waals surface area contributed by atoms with Crippen LogP contribution in [0.2, 0.25) is 0 Å². The zero-order valence-corrected chi connectivity index (χ0v) is 9.86. The number of carbonyl (C=O) groups is 1. The first-order valence-corrected chi connectivity index (χ1v) is 6.13. The van der Waals surface area contributed by atoms with E-state index >= 15 is 0 Å². The second-order valence-electron chi connectivity index (χ2n) is 3.04. The number of thioether (sulfide) groups is 1. The monoisotopic (exact) mass is 224 g/mol. The van der Waals surface area contributed by atoms with Crippen molar-refractivity contribution >= 4 is 23.4 Å². The molecule has 0 saturated carbocycles. The van der Waals surface area contributed by atoms with Gasteiger partial charge < -0.3 is 10.6 Å². The van der Waals surface area contributed by atoms with E-state index in [0.717, 1.165) is 5.69 Å². The highest BCUT2D eigenvalue weighted by molar-refractivity contribution is 7.98. The topological polar surface area (TPSA) is 41.1 Å². The van der Waals surface area contributed by atoms with Crippen molar-refractivity contribution in [3.63, 3.8) is 0 Å². The van der Waals surface area contributed by atoms with Crippen LogP contribution >= 0.6 is 11.8 Å². The van der Waals surface area contributed by atoms with Gasteiger partial charge in [-0.2, -0.15) is 0 Å². The van der Waals surface area contributed by atoms with Gasteiger partial charge in [-0.25, -0.2) is 0 Å². The van der Waals surface area contributed by atoms with Crippen LogP contribution in [-0.4, -0.2) is 25.3 Å². The number of amides is 1. The van der Waals surface area contributed by atoms with Crippen LogP contribution in [0.1, 0.15) is 6.92 Å². The lowest BCUT2D eigenvalue weighted by Gasteiger charge is -2.06. The van der Waals surface area contributed by atoms with E-state index in [1.165, 1.54) is 4.90 Å². The summed E-state index contributed by atoms with van der Waals surface area (Å²) in [6.07, 6.45) is 2.04. The lowest BCUT2D eigenvalue weighted by atomic mass is 10.3. The van der Waals surface area contributed by atoms with Gasteiger partial charge in [0.25, 0.3) is 0 Å². The van der Waals surface area contributed by atoms with Crippen LogP contribution in [-0.2, 0) is 4.79 Å². The average Bonchev–Trinajstić information content (AvgIpc) is 2.27. The van der Waals surface area contributed by atoms with Crippen LogP contribution in [0.5, 0.6) is 0 Å². The standard InChI is InChI=1S/C11H16N2OS/c1-3-12-11(14)8-13-9-4-6-10(15-2)7-5-9/h4-7,13H,3,8H2,1-2H3,(H,12,14). The SMILES string of the molecule is CCNC(=O)CNc1ccc(SC)cc1. The summed E-state index contributed by atoms with van der Waals surface area (Å²) in [5.74, 6) is 0.0199. The Kier molecular flexibility index (Phi) is 5.04. The third-order valence-corrected chi connectivity index (χ3v) is 2.66. The minimum absolute atomic E-state index is 0.0199. The van der Waals surface area contributed by atoms with Crippen molar-refractivity contribution < 1.29 is 4.79 Å². The smallest absolute Gasteiger partial charge is 0.239 e. The Balaban J connectivity index is 2.40. The largest absolute Gasteiger partial charge is 0.376 e. The molecule has 0 fully saturated rings. The molecule has 0 saturated heterocycles. The number of hydrogen-bond donors (Lipinski definition) is 2. The molecule has 3 nitrogen and oxygen atoms in total. The van der Waals surface area contributed by atoms with Crippen molar-refractivity contribution in [3.8, 4) is 0 Å². The summed E-state index contributed by atoms with van der Waals surface area (Å²) < 4.78 is 0. The van der Waals surface area contributed by atoms with Crippen LogP contribution in [0.3, 0.4) is 0 Å². The van der Waals surface area contributed by atoms with Gasteiger partial charge in [-0.15, -0.1) is 11.8 Å². The summed E-state index contributed by atoms with van der Waals surface area (Å²) in [6.45, 7) is 2.91. The first-order valence-electron chi connectivity index (χ1n) is 4.91. The number of rotatable bonds is 5. The number of carbonyl (C=O) groups excluding carboxylic acids is 1. The second-order valence-corrected chi connectivity index (χ2v) is 3.92. The third-order valence-electron chi connectivity index (χ3n) is 1.92. The molecule has 0 aliphatic rings. The first-order chi connectivity index (χ1) is 7.26. The predicted octanol–water partition coefficient (Wildman–Crippen LogP) is 1.96. The first kappa shape index (κ1) is 11.9. The highest BCUT2D eigenvalue weighted by Crippen LogP contribution is 2.16. The van der Waals surface area contributed by atoms with E-state index in [2.05, 4.69) is 10.6 Å². The van der Waals surface area contributed by atoms with E-state index in [1.807, 2.05) is 37.4 Å². The van der Waals surface area contributed by atoms with Crippen molar-refractivity contribution in [2.75, 3.05) is 24.7 Å². The fourth-order valence-electron chi connectivity index (χ4n) is 1.15. The minimum atomic E-state index is 0.0199. The van der Waals surface area contributed by atoms with Crippen LogP contribution in [0.15, 0.2) is 29.2 Å². The van der Waals surface area contributed by atoms with E-state index in [0.29, 0.717) is 13.1 Å². The van der Waals surface area contributed by atoms with Crippen LogP contribution in [0.25, 0.3) is 0 Å². The molecule has 1 amide bonds. The highest BCUT2D eigenvalue weighted by atomic mass is 32.2. The van der Waals surface area contributed by atoms with Gasteiger partial charge in [0.05, 0.1) is 6.54 Å². The highest BCUT2D eigenvalue weighted by Gasteiger charge is 1.98. The average molecular weight is 224 g/mol. The van der Waals surface area contributed by atoms with E-state index in [1.54, 1.807) is 11.8 Å². The summed E-state index contributed by atoms with van der Waals surface area (Å²) >= 11 is 1.70. The molecule has 0 aliphatic carbocycles. The normalized spacial score (nSPS) is 9.73. The molecule has 2 N–H and O–H groups in total. The summed E-state index contributed by atoms with van der Waals surface area (Å²) in [6, 6.07) is 8.02. The maximum Gasteiger partial charge on any atom is 0.239 e. The van der Waals surface area contributed by atoms with Gasteiger partial charge >= 0.3 is 0 Å². The van der Waals surface area contributed by atoms with Crippen molar-refractivity contribution in [1.29, 1.82) is 0 Å². The summed E-state index contributed by atoms with van der Waals surface area (Å²) in [7, 11) is 0. The van der Waals surface area contributed by atoms with E-state index in [9.17, 15) is 4.79 Å². The molecule has 1 rings (SSSR count). The number of benzene rings is 1. The van der Waals surface area contributed by atoms with Gasteiger partial charge in [-0.05, 0) is 37.4 Å². The van der Waals surface area contributed by atoms with Crippen LogP contribution in [0, 0.1) is 0 Å². The van der Waals surface area contributed by atoms with Crippen molar-refractivity contribution in [3.05, 3.63) is 24.3 Å². The molecule has 15 heavy (non-hydrogen) atoms. The van der Waals surface area contributed by atoms with Gasteiger partial charge in [0.2, 0.25) is 5.91 Å². The zero-order chi connectivity index (χ0) is 11.1. The second kappa shape index (κ2) is 6.35. The quantitative estimate of drug-likeness (QED) is 0.751. The van der Waals surface area contributed by atoms with Gasteiger partial charge in [-0.1, -0.05) is 0 Å². The van der Waals surface area contributed by atoms with Crippen molar-refractivity contribution in [2.24, 2.45) is 0 Å². The molecule has 0 heterocycles. The number of nitrogens with one attached hydrogen (secondary N) is 2. The van der Waals surface area contributed by atoms with Crippen molar-refractivity contribution in [1.82, 2.24) is 5.32 Å². The molecule has 4 heteroatoms. The minimum Gasteiger partial charge on any atom is -0.376 e. The Morgan fingerprint density at radius 2 is 2.00 bits per heavy atom. The molecule has 0 unspecified atom stereocenters. The fourth-order valence-corrected chi connectivity index (χ4v) is 1.56. The van der Waals surface area contributed by atoms with Crippen LogP contribution < -0.4 is 10.6 Å². The van der Waals surface area contributed by atoms with E-state index in [-0.39, 0.29) is 5.91 Å². The molecular formula is C11H16N2OS. The summed E-state index contributed by atoms with van der Waals surface area (Å²) in [5.41, 5.74) is 0.971. The van der Waals surface area contributed by atoms with E-state index in [4.69, 9.17) is 0 Å². The van der Waals surface area contributed by atoms with Gasteiger partial charge in [0, 0.05) is 17.1 Å². The molecule has 0 aliphatic heterocycles. The lowest BCUT2D eigenvalue weighted by molar-refractivity contribution is -0.119. The number of anilines is 1. The molecule has 1 aromatic rings. The van der Waals surface area contributed by atoms with Gasteiger partial charge in [-0.3, -0.25) is 4.79 Å². The Bertz CT molecular complexity index is 311. The zero-order valence-electron chi connectivity index (χ0n) is 9.04. The third kappa shape index (κ3) is 4.25. The predicted molar refractivity (Wildman–Crippen MR) is 65.4 cm³/mol. The molecule has 1 aromatic carbocycles. The molecule has 0 spiro atoms.